The molecular formula is C13H15N5OS. The minimum absolute atomic E-state index is 0.0656. The summed E-state index contributed by atoms with van der Waals surface area (Å²) in [5.74, 6) is 0.215. The summed E-state index contributed by atoms with van der Waals surface area (Å²) in [6.07, 6.45) is 1.64. The molecule has 0 fully saturated rings. The van der Waals surface area contributed by atoms with Crippen molar-refractivity contribution < 1.29 is 4.79 Å². The first kappa shape index (κ1) is 14.3. The van der Waals surface area contributed by atoms with Gasteiger partial charge in [0.25, 0.3) is 0 Å². The first-order valence-electron chi connectivity index (χ1n) is 6.10. The SMILES string of the molecule is C=CCNC(=O)CSc1nnnn1Cc1ccccc1. The molecule has 1 N–H and O–H groups in total. The van der Waals surface area contributed by atoms with Crippen LogP contribution in [0.3, 0.4) is 0 Å². The van der Waals surface area contributed by atoms with Crippen molar-refractivity contribution in [1.82, 2.24) is 25.5 Å². The Morgan fingerprint density at radius 2 is 2.20 bits per heavy atom. The third-order valence-electron chi connectivity index (χ3n) is 2.45. The topological polar surface area (TPSA) is 72.7 Å². The number of aromatic nitrogens is 4. The lowest BCUT2D eigenvalue weighted by Gasteiger charge is -2.04. The van der Waals surface area contributed by atoms with E-state index >= 15 is 0 Å². The van der Waals surface area contributed by atoms with E-state index in [9.17, 15) is 4.79 Å². The number of carbonyl (C=O) groups is 1. The van der Waals surface area contributed by atoms with Gasteiger partial charge in [-0.15, -0.1) is 11.7 Å². The molecule has 104 valence electrons. The van der Waals surface area contributed by atoms with Crippen LogP contribution in [-0.4, -0.2) is 38.4 Å². The standard InChI is InChI=1S/C13H15N5OS/c1-2-8-14-12(19)10-20-13-15-16-17-18(13)9-11-6-4-3-5-7-11/h2-7H,1,8-10H2,(H,14,19). The van der Waals surface area contributed by atoms with Crippen molar-refractivity contribution >= 4 is 17.7 Å². The van der Waals surface area contributed by atoms with Gasteiger partial charge in [-0.3, -0.25) is 4.79 Å². The monoisotopic (exact) mass is 289 g/mol. The molecule has 0 unspecified atom stereocenters. The van der Waals surface area contributed by atoms with Crippen molar-refractivity contribution in [2.75, 3.05) is 12.3 Å². The van der Waals surface area contributed by atoms with Gasteiger partial charge in [0.05, 0.1) is 12.3 Å². The predicted molar refractivity (Wildman–Crippen MR) is 77.3 cm³/mol. The van der Waals surface area contributed by atoms with E-state index in [-0.39, 0.29) is 11.7 Å². The quantitative estimate of drug-likeness (QED) is 0.611. The molecule has 1 heterocycles. The summed E-state index contributed by atoms with van der Waals surface area (Å²) in [4.78, 5) is 11.5. The highest BCUT2D eigenvalue weighted by atomic mass is 32.2. The Morgan fingerprint density at radius 3 is 2.95 bits per heavy atom. The van der Waals surface area contributed by atoms with Crippen LogP contribution >= 0.6 is 11.8 Å². The Balaban J connectivity index is 1.92. The Morgan fingerprint density at radius 1 is 1.40 bits per heavy atom. The summed E-state index contributed by atoms with van der Waals surface area (Å²) in [6.45, 7) is 4.60. The number of amides is 1. The van der Waals surface area contributed by atoms with Crippen LogP contribution in [-0.2, 0) is 11.3 Å². The third kappa shape index (κ3) is 4.20. The van der Waals surface area contributed by atoms with Gasteiger partial charge in [0.1, 0.15) is 0 Å². The summed E-state index contributed by atoms with van der Waals surface area (Å²) in [7, 11) is 0. The fourth-order valence-corrected chi connectivity index (χ4v) is 2.23. The lowest BCUT2D eigenvalue weighted by molar-refractivity contribution is -0.118. The molecule has 0 radical (unpaired) electrons. The lowest BCUT2D eigenvalue weighted by Crippen LogP contribution is -2.25. The van der Waals surface area contributed by atoms with Crippen molar-refractivity contribution in [1.29, 1.82) is 0 Å². The van der Waals surface area contributed by atoms with E-state index in [0.717, 1.165) is 5.56 Å². The largest absolute Gasteiger partial charge is 0.352 e. The molecule has 1 aromatic heterocycles. The molecule has 2 aromatic rings. The van der Waals surface area contributed by atoms with E-state index in [4.69, 9.17) is 0 Å². The molecule has 0 bridgehead atoms. The van der Waals surface area contributed by atoms with E-state index in [1.54, 1.807) is 10.8 Å². The molecule has 0 aliphatic rings. The molecular weight excluding hydrogens is 274 g/mol. The van der Waals surface area contributed by atoms with Crippen LogP contribution in [0.4, 0.5) is 0 Å². The van der Waals surface area contributed by atoms with Crippen molar-refractivity contribution in [3.05, 3.63) is 48.6 Å². The Labute approximate surface area is 121 Å². The molecule has 0 saturated carbocycles. The Kier molecular flexibility index (Phi) is 5.31. The van der Waals surface area contributed by atoms with Gasteiger partial charge in [0.2, 0.25) is 11.1 Å². The molecule has 0 aliphatic carbocycles. The van der Waals surface area contributed by atoms with Crippen molar-refractivity contribution in [2.45, 2.75) is 11.7 Å². The zero-order valence-corrected chi connectivity index (χ0v) is 11.7. The van der Waals surface area contributed by atoms with Crippen LogP contribution in [0, 0.1) is 0 Å². The summed E-state index contributed by atoms with van der Waals surface area (Å²) in [6, 6.07) is 9.91. The van der Waals surface area contributed by atoms with Crippen molar-refractivity contribution in [3.63, 3.8) is 0 Å². The molecule has 2 rings (SSSR count). The van der Waals surface area contributed by atoms with Crippen LogP contribution in [0.15, 0.2) is 48.1 Å². The summed E-state index contributed by atoms with van der Waals surface area (Å²) >= 11 is 1.31. The summed E-state index contributed by atoms with van der Waals surface area (Å²) in [5.41, 5.74) is 1.11. The maximum absolute atomic E-state index is 11.5. The van der Waals surface area contributed by atoms with Gasteiger partial charge in [0.15, 0.2) is 0 Å². The molecule has 20 heavy (non-hydrogen) atoms. The highest BCUT2D eigenvalue weighted by Crippen LogP contribution is 2.14. The van der Waals surface area contributed by atoms with Gasteiger partial charge in [-0.1, -0.05) is 48.2 Å². The number of nitrogens with one attached hydrogen (secondary N) is 1. The van der Waals surface area contributed by atoms with Crippen LogP contribution < -0.4 is 5.32 Å². The van der Waals surface area contributed by atoms with Gasteiger partial charge in [-0.25, -0.2) is 4.68 Å². The second kappa shape index (κ2) is 7.44. The number of hydrogen-bond acceptors (Lipinski definition) is 5. The highest BCUT2D eigenvalue weighted by molar-refractivity contribution is 7.99. The number of carbonyl (C=O) groups excluding carboxylic acids is 1. The minimum Gasteiger partial charge on any atom is -0.352 e. The average molecular weight is 289 g/mol. The maximum atomic E-state index is 11.5. The summed E-state index contributed by atoms with van der Waals surface area (Å²) in [5, 5.41) is 14.9. The third-order valence-corrected chi connectivity index (χ3v) is 3.41. The van der Waals surface area contributed by atoms with Gasteiger partial charge in [0, 0.05) is 6.54 Å². The van der Waals surface area contributed by atoms with E-state index < -0.39 is 0 Å². The first-order valence-corrected chi connectivity index (χ1v) is 7.08. The molecule has 0 spiro atoms. The van der Waals surface area contributed by atoms with Crippen molar-refractivity contribution in [3.8, 4) is 0 Å². The molecule has 0 atom stereocenters. The lowest BCUT2D eigenvalue weighted by atomic mass is 10.2. The second-order valence-corrected chi connectivity index (χ2v) is 4.93. The van der Waals surface area contributed by atoms with Crippen LogP contribution in [0.2, 0.25) is 0 Å². The smallest absolute Gasteiger partial charge is 0.230 e. The Hall–Kier alpha value is -2.15. The average Bonchev–Trinajstić information content (AvgIpc) is 2.91. The second-order valence-electron chi connectivity index (χ2n) is 3.99. The summed E-state index contributed by atoms with van der Waals surface area (Å²) < 4.78 is 1.68. The number of nitrogens with zero attached hydrogens (tertiary/aromatic N) is 4. The number of tetrazole rings is 1. The van der Waals surface area contributed by atoms with Crippen LogP contribution in [0.5, 0.6) is 0 Å². The fourth-order valence-electron chi connectivity index (χ4n) is 1.52. The molecule has 1 aromatic carbocycles. The van der Waals surface area contributed by atoms with Crippen LogP contribution in [0.25, 0.3) is 0 Å². The van der Waals surface area contributed by atoms with E-state index in [1.807, 2.05) is 30.3 Å². The molecule has 6 nitrogen and oxygen atoms in total. The zero-order valence-electron chi connectivity index (χ0n) is 10.9. The number of benzene rings is 1. The number of rotatable bonds is 7. The Bertz CT molecular complexity index is 569. The van der Waals surface area contributed by atoms with E-state index in [2.05, 4.69) is 27.4 Å². The van der Waals surface area contributed by atoms with Crippen molar-refractivity contribution in [2.24, 2.45) is 0 Å². The highest BCUT2D eigenvalue weighted by Gasteiger charge is 2.09. The number of hydrogen-bond donors (Lipinski definition) is 1. The van der Waals surface area contributed by atoms with Gasteiger partial charge in [-0.05, 0) is 16.0 Å². The molecule has 7 heteroatoms. The molecule has 1 amide bonds. The molecule has 0 aliphatic heterocycles. The fraction of sp³-hybridized carbons (Fsp3) is 0.231. The van der Waals surface area contributed by atoms with Gasteiger partial charge in [-0.2, -0.15) is 0 Å². The van der Waals surface area contributed by atoms with E-state index in [0.29, 0.717) is 18.2 Å². The minimum atomic E-state index is -0.0656. The predicted octanol–water partition coefficient (Wildman–Crippen LogP) is 1.12. The van der Waals surface area contributed by atoms with Crippen LogP contribution in [0.1, 0.15) is 5.56 Å². The van der Waals surface area contributed by atoms with Gasteiger partial charge >= 0.3 is 0 Å². The van der Waals surface area contributed by atoms with E-state index in [1.165, 1.54) is 11.8 Å². The maximum Gasteiger partial charge on any atom is 0.230 e. The molecule has 0 saturated heterocycles. The zero-order chi connectivity index (χ0) is 14.2. The van der Waals surface area contributed by atoms with Gasteiger partial charge < -0.3 is 5.32 Å². The normalized spacial score (nSPS) is 10.2. The number of thioether (sulfide) groups is 1. The first-order chi connectivity index (χ1) is 9.79.